The summed E-state index contributed by atoms with van der Waals surface area (Å²) in [4.78, 5) is 9.06. The second kappa shape index (κ2) is 7.63. The molecular weight excluding hydrogens is 478 g/mol. The van der Waals surface area contributed by atoms with Gasteiger partial charge in [0, 0.05) is 74.7 Å². The standard InChI is InChI=1S/C20H19F4N7O2S/c1-28-10-15(9-26-28)16-8-17-25-5-7-31(17)18(27-16)14-2-6-29(11-14)19(3-4-21)12-30(13-19)34(32,33)20(22,23)24/h2,5-11H,3-4,12-13H2,1H3. The lowest BCUT2D eigenvalue weighted by molar-refractivity contribution is -0.0568. The van der Waals surface area contributed by atoms with Gasteiger partial charge in [-0.05, 0) is 6.07 Å². The maximum atomic E-state index is 13.4. The van der Waals surface area contributed by atoms with Crippen molar-refractivity contribution in [1.82, 2.24) is 33.0 Å². The van der Waals surface area contributed by atoms with E-state index in [0.717, 1.165) is 5.56 Å². The van der Waals surface area contributed by atoms with Crippen molar-refractivity contribution >= 4 is 15.7 Å². The van der Waals surface area contributed by atoms with E-state index < -0.39 is 40.8 Å². The van der Waals surface area contributed by atoms with Crippen LogP contribution in [-0.2, 0) is 22.6 Å². The van der Waals surface area contributed by atoms with Gasteiger partial charge in [0.1, 0.15) is 11.5 Å². The number of nitrogens with zero attached hydrogens (tertiary/aromatic N) is 7. The molecule has 14 heteroatoms. The Balaban J connectivity index is 1.52. The lowest BCUT2D eigenvalue weighted by Gasteiger charge is -2.49. The van der Waals surface area contributed by atoms with Gasteiger partial charge in [-0.2, -0.15) is 22.6 Å². The highest BCUT2D eigenvalue weighted by Gasteiger charge is 2.58. The monoisotopic (exact) mass is 497 g/mol. The third kappa shape index (κ3) is 3.48. The zero-order valence-electron chi connectivity index (χ0n) is 17.8. The van der Waals surface area contributed by atoms with Crippen molar-refractivity contribution in [3.8, 4) is 22.6 Å². The molecule has 0 radical (unpaired) electrons. The molecule has 0 N–H and O–H groups in total. The first-order valence-electron chi connectivity index (χ1n) is 10.2. The number of rotatable bonds is 6. The summed E-state index contributed by atoms with van der Waals surface area (Å²) < 4.78 is 80.9. The van der Waals surface area contributed by atoms with Crippen molar-refractivity contribution in [1.29, 1.82) is 0 Å². The molecule has 1 saturated heterocycles. The first-order valence-corrected chi connectivity index (χ1v) is 11.6. The fraction of sp³-hybridized carbons (Fsp3) is 0.350. The van der Waals surface area contributed by atoms with Crippen molar-refractivity contribution in [2.75, 3.05) is 19.8 Å². The lowest BCUT2D eigenvalue weighted by Crippen LogP contribution is -2.65. The van der Waals surface area contributed by atoms with Gasteiger partial charge in [0.25, 0.3) is 0 Å². The number of fused-ring (bicyclic) bond motifs is 1. The van der Waals surface area contributed by atoms with Crippen LogP contribution in [0, 0.1) is 0 Å². The van der Waals surface area contributed by atoms with Crippen LogP contribution in [0.3, 0.4) is 0 Å². The van der Waals surface area contributed by atoms with Crippen LogP contribution in [0.5, 0.6) is 0 Å². The van der Waals surface area contributed by atoms with Gasteiger partial charge in [-0.3, -0.25) is 13.5 Å². The second-order valence-corrected chi connectivity index (χ2v) is 10.1. The highest BCUT2D eigenvalue weighted by Crippen LogP contribution is 2.40. The highest BCUT2D eigenvalue weighted by molar-refractivity contribution is 7.90. The molecule has 0 spiro atoms. The Morgan fingerprint density at radius 1 is 1.15 bits per heavy atom. The van der Waals surface area contributed by atoms with Crippen molar-refractivity contribution in [3.05, 3.63) is 49.3 Å². The summed E-state index contributed by atoms with van der Waals surface area (Å²) in [5, 5.41) is 4.16. The Kier molecular flexibility index (Phi) is 5.06. The van der Waals surface area contributed by atoms with Crippen LogP contribution < -0.4 is 0 Å². The van der Waals surface area contributed by atoms with Crippen molar-refractivity contribution in [2.45, 2.75) is 17.5 Å². The molecule has 1 fully saturated rings. The van der Waals surface area contributed by atoms with Crippen LogP contribution in [0.4, 0.5) is 17.6 Å². The predicted molar refractivity (Wildman–Crippen MR) is 114 cm³/mol. The molecule has 4 aromatic rings. The largest absolute Gasteiger partial charge is 0.511 e. The highest BCUT2D eigenvalue weighted by atomic mass is 32.2. The fourth-order valence-corrected chi connectivity index (χ4v) is 5.32. The molecule has 1 aliphatic rings. The molecule has 4 aromatic heterocycles. The van der Waals surface area contributed by atoms with Gasteiger partial charge in [0.15, 0.2) is 0 Å². The summed E-state index contributed by atoms with van der Waals surface area (Å²) in [7, 11) is -3.69. The molecule has 0 bridgehead atoms. The zero-order valence-corrected chi connectivity index (χ0v) is 18.6. The molecule has 9 nitrogen and oxygen atoms in total. The Morgan fingerprint density at radius 2 is 1.91 bits per heavy atom. The summed E-state index contributed by atoms with van der Waals surface area (Å²) in [6.07, 6.45) is 9.91. The Morgan fingerprint density at radius 3 is 2.56 bits per heavy atom. The summed E-state index contributed by atoms with van der Waals surface area (Å²) in [6, 6.07) is 3.50. The van der Waals surface area contributed by atoms with Crippen molar-refractivity contribution in [2.24, 2.45) is 7.05 Å². The molecule has 0 aromatic carbocycles. The van der Waals surface area contributed by atoms with Crippen LogP contribution >= 0.6 is 0 Å². The SMILES string of the molecule is Cn1cc(-c2cc3nccn3c(-c3ccn(C4(CCF)CN(S(=O)(=O)C(F)(F)F)C4)c3)n2)cn1. The maximum absolute atomic E-state index is 13.4. The molecular formula is C20H19F4N7O2S. The molecule has 0 saturated carbocycles. The van der Waals surface area contributed by atoms with Gasteiger partial charge in [-0.1, -0.05) is 0 Å². The van der Waals surface area contributed by atoms with Crippen LogP contribution in [0.2, 0.25) is 0 Å². The van der Waals surface area contributed by atoms with Gasteiger partial charge in [-0.25, -0.2) is 18.4 Å². The second-order valence-electron chi connectivity index (χ2n) is 8.21. The predicted octanol–water partition coefficient (Wildman–Crippen LogP) is 2.82. The van der Waals surface area contributed by atoms with Crippen LogP contribution in [0.15, 0.2) is 49.3 Å². The number of imidazole rings is 1. The minimum atomic E-state index is -5.47. The third-order valence-corrected chi connectivity index (χ3v) is 7.55. The normalized spacial score (nSPS) is 16.7. The minimum absolute atomic E-state index is 0.130. The van der Waals surface area contributed by atoms with E-state index in [0.29, 0.717) is 27.0 Å². The number of sulfonamides is 1. The molecule has 0 amide bonds. The summed E-state index contributed by atoms with van der Waals surface area (Å²) >= 11 is 0. The van der Waals surface area contributed by atoms with E-state index in [2.05, 4.69) is 10.1 Å². The van der Waals surface area contributed by atoms with Crippen LogP contribution in [-0.4, -0.2) is 66.7 Å². The van der Waals surface area contributed by atoms with Gasteiger partial charge >= 0.3 is 15.5 Å². The molecule has 34 heavy (non-hydrogen) atoms. The number of hydrogen-bond donors (Lipinski definition) is 0. The molecule has 0 unspecified atom stereocenters. The third-order valence-electron chi connectivity index (χ3n) is 6.02. The van der Waals surface area contributed by atoms with Crippen molar-refractivity contribution < 1.29 is 26.0 Å². The Bertz CT molecular complexity index is 1470. The quantitative estimate of drug-likeness (QED) is 0.382. The number of hydrogen-bond acceptors (Lipinski definition) is 5. The molecule has 5 heterocycles. The summed E-state index contributed by atoms with van der Waals surface area (Å²) in [6.45, 7) is -1.76. The Labute approximate surface area is 191 Å². The molecule has 5 rings (SSSR count). The van der Waals surface area contributed by atoms with Crippen LogP contribution in [0.25, 0.3) is 28.3 Å². The van der Waals surface area contributed by atoms with E-state index >= 15 is 0 Å². The number of aromatic nitrogens is 6. The molecule has 180 valence electrons. The first-order chi connectivity index (χ1) is 16.0. The number of alkyl halides is 4. The molecule has 0 aliphatic carbocycles. The topological polar surface area (TPSA) is 90.3 Å². The summed E-state index contributed by atoms with van der Waals surface area (Å²) in [5.41, 5.74) is -3.89. The Hall–Kier alpha value is -3.26. The van der Waals surface area contributed by atoms with E-state index in [4.69, 9.17) is 4.98 Å². The van der Waals surface area contributed by atoms with E-state index in [1.54, 1.807) is 70.0 Å². The number of aryl methyl sites for hydroxylation is 1. The van der Waals surface area contributed by atoms with Crippen LogP contribution in [0.1, 0.15) is 6.42 Å². The van der Waals surface area contributed by atoms with E-state index in [-0.39, 0.29) is 6.42 Å². The van der Waals surface area contributed by atoms with Gasteiger partial charge in [0.05, 0.1) is 24.1 Å². The van der Waals surface area contributed by atoms with Crippen molar-refractivity contribution in [3.63, 3.8) is 0 Å². The molecule has 1 aliphatic heterocycles. The average Bonchev–Trinajstić information content (AvgIpc) is 3.49. The average molecular weight is 497 g/mol. The van der Waals surface area contributed by atoms with E-state index in [1.807, 2.05) is 0 Å². The maximum Gasteiger partial charge on any atom is 0.511 e. The zero-order chi connectivity index (χ0) is 24.3. The van der Waals surface area contributed by atoms with Gasteiger partial charge in [-0.15, -0.1) is 0 Å². The fourth-order valence-electron chi connectivity index (χ4n) is 4.21. The first kappa shape index (κ1) is 22.5. The summed E-state index contributed by atoms with van der Waals surface area (Å²) in [5.74, 6) is 0.516. The van der Waals surface area contributed by atoms with E-state index in [1.165, 1.54) is 0 Å². The van der Waals surface area contributed by atoms with Gasteiger partial charge < -0.3 is 4.57 Å². The molecule has 0 atom stereocenters. The van der Waals surface area contributed by atoms with Gasteiger partial charge in [0.2, 0.25) is 0 Å². The lowest BCUT2D eigenvalue weighted by atomic mass is 9.88. The smallest absolute Gasteiger partial charge is 0.345 e. The minimum Gasteiger partial charge on any atom is -0.345 e. The number of halogens is 4. The van der Waals surface area contributed by atoms with E-state index in [9.17, 15) is 26.0 Å².